The van der Waals surface area contributed by atoms with Crippen molar-refractivity contribution < 1.29 is 9.53 Å². The van der Waals surface area contributed by atoms with Crippen molar-refractivity contribution in [2.75, 3.05) is 7.11 Å². The summed E-state index contributed by atoms with van der Waals surface area (Å²) in [6.07, 6.45) is 1.69. The molecule has 0 bridgehead atoms. The van der Waals surface area contributed by atoms with Crippen LogP contribution in [0.15, 0.2) is 29.1 Å². The number of nitrogens with two attached hydrogens (primary N) is 1. The van der Waals surface area contributed by atoms with Crippen molar-refractivity contribution in [2.45, 2.75) is 0 Å². The Kier molecular flexibility index (Phi) is 4.44. The summed E-state index contributed by atoms with van der Waals surface area (Å²) in [5.74, 6) is -0.138. The molecule has 1 heterocycles. The highest BCUT2D eigenvalue weighted by molar-refractivity contribution is 7.07. The lowest BCUT2D eigenvalue weighted by Crippen LogP contribution is -2.31. The molecule has 1 amide bonds. The van der Waals surface area contributed by atoms with E-state index in [2.05, 4.69) is 0 Å². The van der Waals surface area contributed by atoms with Gasteiger partial charge in [-0.1, -0.05) is 12.1 Å². The summed E-state index contributed by atoms with van der Waals surface area (Å²) in [5.41, 5.74) is 5.46. The standard InChI is InChI=1S/C15H13N3O3S/c1-18-14(20)12(22-15(18)11(8-16)13(17)19)7-9-3-5-10(21-2)6-4-9/h3-7H,1-2H3,(H2,17,19)/b12-7-,15-11-. The van der Waals surface area contributed by atoms with Crippen molar-refractivity contribution in [1.29, 1.82) is 5.26 Å². The summed E-state index contributed by atoms with van der Waals surface area (Å²) in [4.78, 5) is 23.5. The van der Waals surface area contributed by atoms with Gasteiger partial charge >= 0.3 is 0 Å². The molecule has 2 aromatic rings. The zero-order valence-corrected chi connectivity index (χ0v) is 12.8. The number of benzene rings is 1. The number of nitrogens with zero attached hydrogens (tertiary/aromatic N) is 2. The Morgan fingerprint density at radius 3 is 2.55 bits per heavy atom. The summed E-state index contributed by atoms with van der Waals surface area (Å²) in [6, 6.07) is 8.91. The lowest BCUT2D eigenvalue weighted by Gasteiger charge is -1.98. The summed E-state index contributed by atoms with van der Waals surface area (Å²) < 4.78 is 6.99. The van der Waals surface area contributed by atoms with Gasteiger partial charge in [0, 0.05) is 7.05 Å². The van der Waals surface area contributed by atoms with E-state index in [-0.39, 0.29) is 15.8 Å². The second-order valence-electron chi connectivity index (χ2n) is 4.40. The topological polar surface area (TPSA) is 98.1 Å². The SMILES string of the molecule is COc1ccc(/C=c2\s/c(=C(/C#N)C(N)=O)n(C)c2=O)cc1. The van der Waals surface area contributed by atoms with E-state index >= 15 is 0 Å². The van der Waals surface area contributed by atoms with Crippen LogP contribution in [-0.4, -0.2) is 17.6 Å². The van der Waals surface area contributed by atoms with Crippen LogP contribution in [0.2, 0.25) is 0 Å². The molecule has 2 rings (SSSR count). The minimum Gasteiger partial charge on any atom is -0.497 e. The van der Waals surface area contributed by atoms with E-state index in [0.717, 1.165) is 16.9 Å². The van der Waals surface area contributed by atoms with Crippen LogP contribution >= 0.6 is 11.3 Å². The number of aromatic nitrogens is 1. The fourth-order valence-electron chi connectivity index (χ4n) is 1.84. The molecule has 1 aromatic heterocycles. The third-order valence-electron chi connectivity index (χ3n) is 3.01. The Morgan fingerprint density at radius 1 is 1.41 bits per heavy atom. The average Bonchev–Trinajstić information content (AvgIpc) is 2.77. The highest BCUT2D eigenvalue weighted by atomic mass is 32.1. The van der Waals surface area contributed by atoms with Crippen LogP contribution < -0.4 is 25.2 Å². The molecule has 22 heavy (non-hydrogen) atoms. The first-order valence-electron chi connectivity index (χ1n) is 6.23. The van der Waals surface area contributed by atoms with Gasteiger partial charge < -0.3 is 15.0 Å². The number of thiazole rings is 1. The van der Waals surface area contributed by atoms with E-state index < -0.39 is 5.91 Å². The number of carbonyl (C=O) groups is 1. The van der Waals surface area contributed by atoms with Gasteiger partial charge in [-0.25, -0.2) is 0 Å². The maximum absolute atomic E-state index is 12.2. The number of rotatable bonds is 3. The predicted octanol–water partition coefficient (Wildman–Crippen LogP) is -0.556. The van der Waals surface area contributed by atoms with Crippen LogP contribution in [0.3, 0.4) is 0 Å². The first-order valence-corrected chi connectivity index (χ1v) is 7.05. The molecule has 0 radical (unpaired) electrons. The highest BCUT2D eigenvalue weighted by Gasteiger charge is 2.10. The molecule has 0 aliphatic heterocycles. The van der Waals surface area contributed by atoms with E-state index in [0.29, 0.717) is 10.3 Å². The highest BCUT2D eigenvalue weighted by Crippen LogP contribution is 2.11. The van der Waals surface area contributed by atoms with Crippen LogP contribution in [0.5, 0.6) is 5.75 Å². The van der Waals surface area contributed by atoms with Crippen molar-refractivity contribution in [3.63, 3.8) is 0 Å². The first kappa shape index (κ1) is 15.5. The van der Waals surface area contributed by atoms with Gasteiger partial charge in [0.05, 0.1) is 11.6 Å². The van der Waals surface area contributed by atoms with Gasteiger partial charge in [-0.3, -0.25) is 9.59 Å². The van der Waals surface area contributed by atoms with Crippen LogP contribution in [0.25, 0.3) is 11.6 Å². The number of primary amides is 1. The van der Waals surface area contributed by atoms with E-state index in [1.165, 1.54) is 11.6 Å². The fourth-order valence-corrected chi connectivity index (χ4v) is 2.94. The first-order chi connectivity index (χ1) is 10.5. The minimum atomic E-state index is -0.852. The van der Waals surface area contributed by atoms with Crippen LogP contribution in [0.4, 0.5) is 0 Å². The summed E-state index contributed by atoms with van der Waals surface area (Å²) in [6.45, 7) is 0. The monoisotopic (exact) mass is 315 g/mol. The molecule has 2 N–H and O–H groups in total. The molecule has 0 aliphatic rings. The van der Waals surface area contributed by atoms with E-state index in [1.54, 1.807) is 43.5 Å². The number of nitriles is 1. The number of ether oxygens (including phenoxy) is 1. The third kappa shape index (κ3) is 2.92. The number of carbonyl (C=O) groups excluding carboxylic acids is 1. The molecule has 0 saturated heterocycles. The molecule has 0 spiro atoms. The zero-order chi connectivity index (χ0) is 16.3. The third-order valence-corrected chi connectivity index (χ3v) is 4.20. The molecule has 1 aromatic carbocycles. The molecule has 0 atom stereocenters. The predicted molar refractivity (Wildman–Crippen MR) is 83.6 cm³/mol. The summed E-state index contributed by atoms with van der Waals surface area (Å²) >= 11 is 1.06. The van der Waals surface area contributed by atoms with Gasteiger partial charge in [-0.2, -0.15) is 5.26 Å². The minimum absolute atomic E-state index is 0.223. The quantitative estimate of drug-likeness (QED) is 0.821. The largest absolute Gasteiger partial charge is 0.497 e. The molecule has 112 valence electrons. The molecule has 6 nitrogen and oxygen atoms in total. The molecular weight excluding hydrogens is 302 g/mol. The van der Waals surface area contributed by atoms with Crippen LogP contribution in [0, 0.1) is 11.3 Å². The van der Waals surface area contributed by atoms with Crippen molar-refractivity contribution in [3.8, 4) is 11.8 Å². The van der Waals surface area contributed by atoms with Gasteiger partial charge in [-0.15, -0.1) is 11.3 Å². The van der Waals surface area contributed by atoms with Gasteiger partial charge in [0.1, 0.15) is 16.5 Å². The Balaban J connectivity index is 2.68. The van der Waals surface area contributed by atoms with Crippen LogP contribution in [-0.2, 0) is 11.8 Å². The zero-order valence-electron chi connectivity index (χ0n) is 12.0. The Labute approximate surface area is 130 Å². The Bertz CT molecular complexity index is 930. The number of amides is 1. The van der Waals surface area contributed by atoms with E-state index in [4.69, 9.17) is 15.7 Å². The van der Waals surface area contributed by atoms with Gasteiger partial charge in [0.2, 0.25) is 0 Å². The second-order valence-corrected chi connectivity index (χ2v) is 5.43. The normalized spacial score (nSPS) is 12.7. The van der Waals surface area contributed by atoms with Crippen molar-refractivity contribution in [3.05, 3.63) is 49.4 Å². The molecule has 0 saturated carbocycles. The molecule has 0 unspecified atom stereocenters. The van der Waals surface area contributed by atoms with Crippen molar-refractivity contribution >= 4 is 28.9 Å². The molecule has 0 aliphatic carbocycles. The molecular formula is C15H13N3O3S. The number of hydrogen-bond acceptors (Lipinski definition) is 5. The molecule has 7 heteroatoms. The number of methoxy groups -OCH3 is 1. The second kappa shape index (κ2) is 6.28. The molecule has 0 fully saturated rings. The van der Waals surface area contributed by atoms with Gasteiger partial charge in [-0.05, 0) is 23.8 Å². The van der Waals surface area contributed by atoms with Gasteiger partial charge in [0.25, 0.3) is 11.5 Å². The van der Waals surface area contributed by atoms with Crippen molar-refractivity contribution in [1.82, 2.24) is 4.57 Å². The smallest absolute Gasteiger partial charge is 0.268 e. The lowest BCUT2D eigenvalue weighted by atomic mass is 10.2. The Hall–Kier alpha value is -2.85. The van der Waals surface area contributed by atoms with Crippen molar-refractivity contribution in [2.24, 2.45) is 12.8 Å². The number of hydrogen-bond donors (Lipinski definition) is 1. The summed E-state index contributed by atoms with van der Waals surface area (Å²) in [5, 5.41) is 9.00. The lowest BCUT2D eigenvalue weighted by molar-refractivity contribution is -0.112. The van der Waals surface area contributed by atoms with Gasteiger partial charge in [0.15, 0.2) is 5.57 Å². The van der Waals surface area contributed by atoms with Crippen LogP contribution in [0.1, 0.15) is 5.56 Å². The Morgan fingerprint density at radius 2 is 2.05 bits per heavy atom. The maximum Gasteiger partial charge on any atom is 0.268 e. The van der Waals surface area contributed by atoms with E-state index in [9.17, 15) is 9.59 Å². The average molecular weight is 315 g/mol. The maximum atomic E-state index is 12.2. The fraction of sp³-hybridized carbons (Fsp3) is 0.133. The van der Waals surface area contributed by atoms with E-state index in [1.807, 2.05) is 0 Å². The summed E-state index contributed by atoms with van der Waals surface area (Å²) in [7, 11) is 3.07.